The van der Waals surface area contributed by atoms with Crippen LogP contribution in [0, 0.1) is 0 Å². The number of benzene rings is 1. The molecule has 0 N–H and O–H groups in total. The van der Waals surface area contributed by atoms with Gasteiger partial charge in [-0.1, -0.05) is 22.8 Å². The van der Waals surface area contributed by atoms with E-state index in [1.807, 2.05) is 0 Å². The molecule has 1 atom stereocenters. The number of rotatable bonds is 4. The van der Waals surface area contributed by atoms with Gasteiger partial charge in [-0.05, 0) is 25.1 Å². The van der Waals surface area contributed by atoms with Crippen molar-refractivity contribution < 1.29 is 25.5 Å². The Morgan fingerprint density at radius 3 is 2.29 bits per heavy atom. The Morgan fingerprint density at radius 2 is 1.79 bits per heavy atom. The molecule has 12 heteroatoms. The van der Waals surface area contributed by atoms with Gasteiger partial charge in [-0.15, -0.1) is 0 Å². The zero-order valence-corrected chi connectivity index (χ0v) is 15.9. The maximum absolute atomic E-state index is 11.0. The van der Waals surface area contributed by atoms with Gasteiger partial charge in [0.05, 0.1) is 12.5 Å². The van der Waals surface area contributed by atoms with Crippen LogP contribution >= 0.6 is 22.3 Å². The van der Waals surface area contributed by atoms with E-state index in [0.717, 1.165) is 12.5 Å². The topological polar surface area (TPSA) is 116 Å². The summed E-state index contributed by atoms with van der Waals surface area (Å²) in [6, 6.07) is 6.89. The van der Waals surface area contributed by atoms with E-state index < -0.39 is 25.3 Å². The number of hydrogen-bond acceptors (Lipinski definition) is 8. The van der Waals surface area contributed by atoms with Crippen molar-refractivity contribution in [1.29, 1.82) is 0 Å². The summed E-state index contributed by atoms with van der Waals surface area (Å²) in [5.74, 6) is 0.404. The SMILES string of the molecule is CC(OS(C)(=O)=O)c1noc(-c2cccc(Cl)c2)n1.CS(=O)(=O)Cl. The molecule has 8 nitrogen and oxygen atoms in total. The minimum Gasteiger partial charge on any atom is -0.334 e. The van der Waals surface area contributed by atoms with Gasteiger partial charge in [-0.25, -0.2) is 8.42 Å². The second kappa shape index (κ2) is 8.26. The molecular weight excluding hydrogens is 403 g/mol. The van der Waals surface area contributed by atoms with Crippen LogP contribution in [-0.4, -0.2) is 39.5 Å². The third-order valence-electron chi connectivity index (χ3n) is 2.20. The summed E-state index contributed by atoms with van der Waals surface area (Å²) in [5.41, 5.74) is 0.651. The monoisotopic (exact) mass is 416 g/mol. The highest BCUT2D eigenvalue weighted by molar-refractivity contribution is 8.13. The third kappa shape index (κ3) is 8.60. The Labute approximate surface area is 149 Å². The first kappa shape index (κ1) is 20.8. The Bertz CT molecular complexity index is 888. The van der Waals surface area contributed by atoms with E-state index in [0.29, 0.717) is 10.6 Å². The van der Waals surface area contributed by atoms with Gasteiger partial charge in [0.2, 0.25) is 14.9 Å². The average molecular weight is 417 g/mol. The molecule has 2 rings (SSSR count). The van der Waals surface area contributed by atoms with Crippen LogP contribution in [0.15, 0.2) is 28.8 Å². The van der Waals surface area contributed by atoms with E-state index in [1.165, 1.54) is 6.92 Å². The smallest absolute Gasteiger partial charge is 0.265 e. The molecule has 1 heterocycles. The third-order valence-corrected chi connectivity index (χ3v) is 3.07. The second-order valence-corrected chi connectivity index (χ2v) is 9.67. The van der Waals surface area contributed by atoms with Crippen molar-refractivity contribution >= 4 is 41.5 Å². The van der Waals surface area contributed by atoms with Gasteiger partial charge >= 0.3 is 0 Å². The molecule has 0 spiro atoms. The highest BCUT2D eigenvalue weighted by atomic mass is 35.7. The molecule has 0 fully saturated rings. The van der Waals surface area contributed by atoms with Crippen molar-refractivity contribution in [3.63, 3.8) is 0 Å². The summed E-state index contributed by atoms with van der Waals surface area (Å²) < 4.78 is 50.6. The van der Waals surface area contributed by atoms with E-state index in [4.69, 9.17) is 20.3 Å². The van der Waals surface area contributed by atoms with Gasteiger partial charge in [-0.2, -0.15) is 13.4 Å². The van der Waals surface area contributed by atoms with E-state index in [1.54, 1.807) is 24.3 Å². The summed E-state index contributed by atoms with van der Waals surface area (Å²) in [4.78, 5) is 4.08. The minimum atomic E-state index is -3.58. The van der Waals surface area contributed by atoms with Gasteiger partial charge in [-0.3, -0.25) is 4.18 Å². The molecule has 0 aliphatic heterocycles. The highest BCUT2D eigenvalue weighted by Crippen LogP contribution is 2.23. The van der Waals surface area contributed by atoms with Crippen LogP contribution in [0.3, 0.4) is 0 Å². The van der Waals surface area contributed by atoms with Crippen LogP contribution in [0.2, 0.25) is 5.02 Å². The molecule has 1 aromatic carbocycles. The van der Waals surface area contributed by atoms with E-state index in [2.05, 4.69) is 20.8 Å². The van der Waals surface area contributed by atoms with Crippen molar-refractivity contribution in [1.82, 2.24) is 10.1 Å². The molecule has 2 aromatic rings. The van der Waals surface area contributed by atoms with Crippen molar-refractivity contribution in [2.75, 3.05) is 12.5 Å². The zero-order valence-electron chi connectivity index (χ0n) is 12.8. The van der Waals surface area contributed by atoms with Gasteiger partial charge in [0, 0.05) is 21.3 Å². The lowest BCUT2D eigenvalue weighted by Crippen LogP contribution is -2.08. The molecule has 0 aliphatic carbocycles. The predicted molar refractivity (Wildman–Crippen MR) is 89.8 cm³/mol. The highest BCUT2D eigenvalue weighted by Gasteiger charge is 2.19. The average Bonchev–Trinajstić information content (AvgIpc) is 2.84. The molecule has 0 radical (unpaired) electrons. The summed E-state index contributed by atoms with van der Waals surface area (Å²) in [7, 11) is -2.27. The summed E-state index contributed by atoms with van der Waals surface area (Å²) in [5, 5.41) is 4.23. The molecule has 1 aromatic heterocycles. The first-order chi connectivity index (χ1) is 10.8. The number of hydrogen-bond donors (Lipinski definition) is 0. The quantitative estimate of drug-likeness (QED) is 0.551. The zero-order chi connectivity index (χ0) is 18.5. The summed E-state index contributed by atoms with van der Waals surface area (Å²) >= 11 is 5.86. The van der Waals surface area contributed by atoms with Crippen molar-refractivity contribution in [2.45, 2.75) is 13.0 Å². The first-order valence-electron chi connectivity index (χ1n) is 6.22. The summed E-state index contributed by atoms with van der Waals surface area (Å²) in [6.07, 6.45) is 1.07. The fraction of sp³-hybridized carbons (Fsp3) is 0.333. The maximum Gasteiger partial charge on any atom is 0.265 e. The van der Waals surface area contributed by atoms with Crippen molar-refractivity contribution in [3.8, 4) is 11.5 Å². The van der Waals surface area contributed by atoms with Crippen LogP contribution in [-0.2, 0) is 23.4 Å². The summed E-state index contributed by atoms with van der Waals surface area (Å²) in [6.45, 7) is 1.52. The Morgan fingerprint density at radius 1 is 1.21 bits per heavy atom. The second-order valence-electron chi connectivity index (χ2n) is 4.59. The molecular formula is C12H14Cl2N2O6S2. The number of aromatic nitrogens is 2. The van der Waals surface area contributed by atoms with E-state index >= 15 is 0 Å². The van der Waals surface area contributed by atoms with Gasteiger partial charge < -0.3 is 4.52 Å². The molecule has 0 saturated carbocycles. The largest absolute Gasteiger partial charge is 0.334 e. The normalized spacial score (nSPS) is 13.0. The lowest BCUT2D eigenvalue weighted by atomic mass is 10.2. The molecule has 0 amide bonds. The van der Waals surface area contributed by atoms with Crippen LogP contribution in [0.5, 0.6) is 0 Å². The standard InChI is InChI=1S/C11H11ClN2O4S.CH3ClO2S/c1-7(18-19(2,15)16)10-13-11(17-14-10)8-4-3-5-9(12)6-8;1-5(2,3)4/h3-7H,1-2H3;1H3. The fourth-order valence-corrected chi connectivity index (χ4v) is 2.24. The van der Waals surface area contributed by atoms with Crippen LogP contribution in [0.1, 0.15) is 18.9 Å². The molecule has 0 saturated heterocycles. The van der Waals surface area contributed by atoms with Crippen LogP contribution in [0.4, 0.5) is 0 Å². The van der Waals surface area contributed by atoms with E-state index in [-0.39, 0.29) is 11.7 Å². The first-order valence-corrected chi connectivity index (χ1v) is 11.1. The fourth-order valence-electron chi connectivity index (χ4n) is 1.44. The van der Waals surface area contributed by atoms with Crippen molar-refractivity contribution in [3.05, 3.63) is 35.1 Å². The Kier molecular flexibility index (Phi) is 7.17. The number of nitrogens with zero attached hydrogens (tertiary/aromatic N) is 2. The van der Waals surface area contributed by atoms with Crippen molar-refractivity contribution in [2.24, 2.45) is 0 Å². The molecule has 0 aliphatic rings. The minimum absolute atomic E-state index is 0.153. The Hall–Kier alpha value is -1.20. The lowest BCUT2D eigenvalue weighted by Gasteiger charge is -2.04. The molecule has 1 unspecified atom stereocenters. The van der Waals surface area contributed by atoms with Gasteiger partial charge in [0.1, 0.15) is 6.10 Å². The Balaban J connectivity index is 0.000000505. The van der Waals surface area contributed by atoms with E-state index in [9.17, 15) is 16.8 Å². The lowest BCUT2D eigenvalue weighted by molar-refractivity contribution is 0.220. The predicted octanol–water partition coefficient (Wildman–Crippen LogP) is 2.61. The number of halogens is 2. The van der Waals surface area contributed by atoms with Gasteiger partial charge in [0.15, 0.2) is 0 Å². The van der Waals surface area contributed by atoms with Gasteiger partial charge in [0.25, 0.3) is 16.0 Å². The molecule has 24 heavy (non-hydrogen) atoms. The van der Waals surface area contributed by atoms with Crippen LogP contribution < -0.4 is 0 Å². The maximum atomic E-state index is 11.0. The van der Waals surface area contributed by atoms with Crippen LogP contribution in [0.25, 0.3) is 11.5 Å². The molecule has 0 bridgehead atoms. The molecule has 134 valence electrons.